The Kier molecular flexibility index (Phi) is 6.37. The van der Waals surface area contributed by atoms with Crippen LogP contribution in [0.1, 0.15) is 38.8 Å². The molecule has 0 spiro atoms. The van der Waals surface area contributed by atoms with Crippen molar-refractivity contribution in [3.63, 3.8) is 0 Å². The largest absolute Gasteiger partial charge is 0.458 e. The highest BCUT2D eigenvalue weighted by Crippen LogP contribution is 2.18. The molecule has 0 aliphatic heterocycles. The predicted octanol–water partition coefficient (Wildman–Crippen LogP) is 2.22. The van der Waals surface area contributed by atoms with E-state index in [1.165, 1.54) is 7.11 Å². The molecule has 116 valence electrons. The molecule has 0 bridgehead atoms. The Balaban J connectivity index is 2.85. The van der Waals surface area contributed by atoms with Gasteiger partial charge in [0.05, 0.1) is 6.61 Å². The molecule has 1 amide bonds. The second-order valence-electron chi connectivity index (χ2n) is 5.69. The van der Waals surface area contributed by atoms with E-state index < -0.39 is 17.6 Å². The van der Waals surface area contributed by atoms with Crippen molar-refractivity contribution in [1.82, 2.24) is 5.32 Å². The van der Waals surface area contributed by atoms with Gasteiger partial charge in [-0.15, -0.1) is 0 Å². The molecule has 0 fully saturated rings. The minimum atomic E-state index is -0.810. The van der Waals surface area contributed by atoms with Gasteiger partial charge in [0, 0.05) is 13.5 Å². The fourth-order valence-electron chi connectivity index (χ4n) is 1.71. The molecule has 0 radical (unpaired) electrons. The number of hydrogen-bond donors (Lipinski definition) is 1. The van der Waals surface area contributed by atoms with Crippen LogP contribution < -0.4 is 5.32 Å². The molecule has 0 saturated carbocycles. The number of methoxy groups -OCH3 is 1. The second-order valence-corrected chi connectivity index (χ2v) is 5.69. The maximum absolute atomic E-state index is 12.3. The maximum atomic E-state index is 12.3. The first-order chi connectivity index (χ1) is 9.83. The summed E-state index contributed by atoms with van der Waals surface area (Å²) in [4.78, 5) is 24.2. The van der Waals surface area contributed by atoms with Gasteiger partial charge in [-0.05, 0) is 26.3 Å². The standard InChI is InChI=1S/C16H23NO4/c1-16(2,3)21-15(19)14(12-8-6-5-7-9-12)17-13(18)10-11-20-4/h5-9,14H,10-11H2,1-4H3,(H,17,18)/t14-/m1/s1. The third-order valence-corrected chi connectivity index (χ3v) is 2.61. The SMILES string of the molecule is COCCC(=O)N[C@@H](C(=O)OC(C)(C)C)c1ccccc1. The molecule has 0 aliphatic rings. The Labute approximate surface area is 125 Å². The molecule has 0 unspecified atom stereocenters. The van der Waals surface area contributed by atoms with Crippen molar-refractivity contribution >= 4 is 11.9 Å². The highest BCUT2D eigenvalue weighted by Gasteiger charge is 2.27. The van der Waals surface area contributed by atoms with Gasteiger partial charge < -0.3 is 14.8 Å². The summed E-state index contributed by atoms with van der Waals surface area (Å²) < 4.78 is 10.2. The first kappa shape index (κ1) is 17.2. The zero-order chi connectivity index (χ0) is 15.9. The van der Waals surface area contributed by atoms with Gasteiger partial charge >= 0.3 is 5.97 Å². The third-order valence-electron chi connectivity index (χ3n) is 2.61. The van der Waals surface area contributed by atoms with Gasteiger partial charge in [-0.25, -0.2) is 4.79 Å². The number of rotatable bonds is 6. The number of amides is 1. The molecular weight excluding hydrogens is 270 g/mol. The van der Waals surface area contributed by atoms with Crippen LogP contribution >= 0.6 is 0 Å². The van der Waals surface area contributed by atoms with Crippen molar-refractivity contribution in [3.8, 4) is 0 Å². The number of benzene rings is 1. The van der Waals surface area contributed by atoms with Crippen LogP contribution in [0, 0.1) is 0 Å². The molecule has 5 nitrogen and oxygen atoms in total. The highest BCUT2D eigenvalue weighted by molar-refractivity contribution is 5.85. The summed E-state index contributed by atoms with van der Waals surface area (Å²) in [6.07, 6.45) is 0.197. The normalized spacial score (nSPS) is 12.6. The molecule has 5 heteroatoms. The van der Waals surface area contributed by atoms with E-state index in [2.05, 4.69) is 5.32 Å². The lowest BCUT2D eigenvalue weighted by Crippen LogP contribution is -2.38. The average Bonchev–Trinajstić information content (AvgIpc) is 2.41. The quantitative estimate of drug-likeness (QED) is 0.817. The Hall–Kier alpha value is -1.88. The molecule has 21 heavy (non-hydrogen) atoms. The van der Waals surface area contributed by atoms with Crippen molar-refractivity contribution in [2.45, 2.75) is 38.8 Å². The summed E-state index contributed by atoms with van der Waals surface area (Å²) in [6, 6.07) is 8.23. The summed E-state index contributed by atoms with van der Waals surface area (Å²) >= 11 is 0. The molecule has 1 rings (SSSR count). The molecule has 1 aromatic carbocycles. The third kappa shape index (κ3) is 6.40. The van der Waals surface area contributed by atoms with E-state index in [1.54, 1.807) is 32.9 Å². The number of carbonyl (C=O) groups excluding carboxylic acids is 2. The summed E-state index contributed by atoms with van der Waals surface area (Å²) in [5, 5.41) is 2.70. The second kappa shape index (κ2) is 7.78. The van der Waals surface area contributed by atoms with Crippen LogP contribution in [0.15, 0.2) is 30.3 Å². The van der Waals surface area contributed by atoms with Gasteiger partial charge in [-0.3, -0.25) is 4.79 Å². The molecular formula is C16H23NO4. The monoisotopic (exact) mass is 293 g/mol. The summed E-state index contributed by atoms with van der Waals surface area (Å²) in [7, 11) is 1.52. The van der Waals surface area contributed by atoms with Crippen LogP contribution in [-0.2, 0) is 19.1 Å². The van der Waals surface area contributed by atoms with Crippen molar-refractivity contribution in [1.29, 1.82) is 0 Å². The van der Waals surface area contributed by atoms with Crippen LogP contribution in [0.3, 0.4) is 0 Å². The van der Waals surface area contributed by atoms with Crippen molar-refractivity contribution in [3.05, 3.63) is 35.9 Å². The average molecular weight is 293 g/mol. The van der Waals surface area contributed by atoms with Gasteiger partial charge in [-0.1, -0.05) is 30.3 Å². The molecule has 0 aliphatic carbocycles. The zero-order valence-electron chi connectivity index (χ0n) is 13.0. The Morgan fingerprint density at radius 2 is 1.81 bits per heavy atom. The molecule has 0 aromatic heterocycles. The van der Waals surface area contributed by atoms with Crippen LogP contribution in [0.25, 0.3) is 0 Å². The number of ether oxygens (including phenoxy) is 2. The van der Waals surface area contributed by atoms with Gasteiger partial charge in [0.15, 0.2) is 6.04 Å². The smallest absolute Gasteiger partial charge is 0.333 e. The van der Waals surface area contributed by atoms with E-state index in [4.69, 9.17) is 9.47 Å². The molecule has 0 saturated heterocycles. The predicted molar refractivity (Wildman–Crippen MR) is 79.7 cm³/mol. The Bertz CT molecular complexity index is 465. The zero-order valence-corrected chi connectivity index (χ0v) is 13.0. The molecule has 1 N–H and O–H groups in total. The van der Waals surface area contributed by atoms with Crippen molar-refractivity contribution in [2.24, 2.45) is 0 Å². The van der Waals surface area contributed by atoms with Gasteiger partial charge in [0.25, 0.3) is 0 Å². The van der Waals surface area contributed by atoms with E-state index in [0.717, 1.165) is 0 Å². The topological polar surface area (TPSA) is 64.6 Å². The van der Waals surface area contributed by atoms with E-state index in [9.17, 15) is 9.59 Å². The molecule has 1 atom stereocenters. The van der Waals surface area contributed by atoms with E-state index in [1.807, 2.05) is 18.2 Å². The van der Waals surface area contributed by atoms with Crippen LogP contribution in [0.2, 0.25) is 0 Å². The fraction of sp³-hybridized carbons (Fsp3) is 0.500. The Morgan fingerprint density at radius 1 is 1.19 bits per heavy atom. The first-order valence-corrected chi connectivity index (χ1v) is 6.89. The summed E-state index contributed by atoms with van der Waals surface area (Å²) in [5.41, 5.74) is 0.0824. The summed E-state index contributed by atoms with van der Waals surface area (Å²) in [5.74, 6) is -0.726. The van der Waals surface area contributed by atoms with Crippen molar-refractivity contribution in [2.75, 3.05) is 13.7 Å². The molecule has 1 aromatic rings. The number of nitrogens with one attached hydrogen (secondary N) is 1. The minimum absolute atomic E-state index is 0.197. The van der Waals surface area contributed by atoms with Gasteiger partial charge in [0.1, 0.15) is 5.60 Å². The fourth-order valence-corrected chi connectivity index (χ4v) is 1.71. The lowest BCUT2D eigenvalue weighted by molar-refractivity contribution is -0.159. The van der Waals surface area contributed by atoms with Crippen LogP contribution in [-0.4, -0.2) is 31.2 Å². The first-order valence-electron chi connectivity index (χ1n) is 6.89. The number of carbonyl (C=O) groups is 2. The van der Waals surface area contributed by atoms with Gasteiger partial charge in [-0.2, -0.15) is 0 Å². The van der Waals surface area contributed by atoms with E-state index >= 15 is 0 Å². The van der Waals surface area contributed by atoms with Crippen LogP contribution in [0.5, 0.6) is 0 Å². The summed E-state index contributed by atoms with van der Waals surface area (Å²) in [6.45, 7) is 5.68. The number of esters is 1. The van der Waals surface area contributed by atoms with Gasteiger partial charge in [0.2, 0.25) is 5.91 Å². The minimum Gasteiger partial charge on any atom is -0.458 e. The lowest BCUT2D eigenvalue weighted by Gasteiger charge is -2.24. The Morgan fingerprint density at radius 3 is 2.33 bits per heavy atom. The number of hydrogen-bond acceptors (Lipinski definition) is 4. The van der Waals surface area contributed by atoms with E-state index in [-0.39, 0.29) is 12.3 Å². The molecule has 0 heterocycles. The van der Waals surface area contributed by atoms with Crippen molar-refractivity contribution < 1.29 is 19.1 Å². The van der Waals surface area contributed by atoms with E-state index in [0.29, 0.717) is 12.2 Å². The van der Waals surface area contributed by atoms with Crippen LogP contribution in [0.4, 0.5) is 0 Å². The maximum Gasteiger partial charge on any atom is 0.333 e. The lowest BCUT2D eigenvalue weighted by atomic mass is 10.1. The highest BCUT2D eigenvalue weighted by atomic mass is 16.6.